The third kappa shape index (κ3) is 8.29. The minimum absolute atomic E-state index is 0.0666. The second kappa shape index (κ2) is 11.6. The second-order valence-corrected chi connectivity index (χ2v) is 6.97. The predicted octanol–water partition coefficient (Wildman–Crippen LogP) is 4.84. The summed E-state index contributed by atoms with van der Waals surface area (Å²) in [6.07, 6.45) is 0.862. The van der Waals surface area contributed by atoms with E-state index in [-0.39, 0.29) is 24.7 Å². The standard InChI is InChI=1S/C21H30F3N3O2/c1-5-7-19(13-8-16(3)26(4)29)27(14-6-2)20(28)25-15-17-9-11-18(12-10-17)21(22,23)24/h5-6,9-12,16,19,29H,1-2,7-8,13-15H2,3-4H3,(H,25,28). The van der Waals surface area contributed by atoms with E-state index >= 15 is 0 Å². The molecule has 8 heteroatoms. The Morgan fingerprint density at radius 1 is 1.21 bits per heavy atom. The molecule has 162 valence electrons. The van der Waals surface area contributed by atoms with Crippen molar-refractivity contribution < 1.29 is 23.2 Å². The zero-order valence-electron chi connectivity index (χ0n) is 17.0. The van der Waals surface area contributed by atoms with E-state index in [0.29, 0.717) is 31.4 Å². The number of nitrogens with one attached hydrogen (secondary N) is 1. The Labute approximate surface area is 170 Å². The van der Waals surface area contributed by atoms with Crippen molar-refractivity contribution in [2.24, 2.45) is 0 Å². The number of hydroxylamine groups is 2. The quantitative estimate of drug-likeness (QED) is 0.403. The van der Waals surface area contributed by atoms with Crippen LogP contribution in [0.4, 0.5) is 18.0 Å². The van der Waals surface area contributed by atoms with Gasteiger partial charge in [-0.05, 0) is 43.9 Å². The predicted molar refractivity (Wildman–Crippen MR) is 107 cm³/mol. The van der Waals surface area contributed by atoms with Crippen LogP contribution in [-0.2, 0) is 12.7 Å². The molecule has 2 unspecified atom stereocenters. The molecule has 0 saturated carbocycles. The van der Waals surface area contributed by atoms with Crippen molar-refractivity contribution in [3.05, 3.63) is 60.7 Å². The molecule has 0 saturated heterocycles. The molecule has 0 heterocycles. The van der Waals surface area contributed by atoms with Gasteiger partial charge in [0.2, 0.25) is 0 Å². The van der Waals surface area contributed by atoms with E-state index in [2.05, 4.69) is 18.5 Å². The number of benzene rings is 1. The van der Waals surface area contributed by atoms with Gasteiger partial charge in [-0.2, -0.15) is 18.2 Å². The summed E-state index contributed by atoms with van der Waals surface area (Å²) in [5.74, 6) is 0. The van der Waals surface area contributed by atoms with Gasteiger partial charge in [0.15, 0.2) is 0 Å². The molecule has 0 aliphatic carbocycles. The maximum Gasteiger partial charge on any atom is 0.416 e. The summed E-state index contributed by atoms with van der Waals surface area (Å²) in [6, 6.07) is 4.15. The molecule has 2 N–H and O–H groups in total. The van der Waals surface area contributed by atoms with Gasteiger partial charge in [-0.1, -0.05) is 24.3 Å². The molecule has 1 aromatic carbocycles. The van der Waals surface area contributed by atoms with Crippen molar-refractivity contribution in [1.29, 1.82) is 0 Å². The highest BCUT2D eigenvalue weighted by Crippen LogP contribution is 2.29. The molecule has 0 fully saturated rings. The second-order valence-electron chi connectivity index (χ2n) is 6.97. The molecule has 0 aliphatic heterocycles. The first-order valence-electron chi connectivity index (χ1n) is 9.44. The van der Waals surface area contributed by atoms with E-state index in [0.717, 1.165) is 17.2 Å². The summed E-state index contributed by atoms with van der Waals surface area (Å²) < 4.78 is 38.0. The lowest BCUT2D eigenvalue weighted by atomic mass is 10.0. The lowest BCUT2D eigenvalue weighted by molar-refractivity contribution is -0.137. The first-order chi connectivity index (χ1) is 13.6. The fourth-order valence-electron chi connectivity index (χ4n) is 2.84. The van der Waals surface area contributed by atoms with Crippen molar-refractivity contribution in [3.8, 4) is 0 Å². The molecule has 0 bridgehead atoms. The van der Waals surface area contributed by atoms with Gasteiger partial charge in [0, 0.05) is 32.2 Å². The smallest absolute Gasteiger partial charge is 0.334 e. The fraction of sp³-hybridized carbons (Fsp3) is 0.476. The van der Waals surface area contributed by atoms with Crippen molar-refractivity contribution in [1.82, 2.24) is 15.3 Å². The molecule has 29 heavy (non-hydrogen) atoms. The van der Waals surface area contributed by atoms with E-state index in [4.69, 9.17) is 0 Å². The van der Waals surface area contributed by atoms with Crippen LogP contribution in [0.15, 0.2) is 49.6 Å². The van der Waals surface area contributed by atoms with E-state index in [1.165, 1.54) is 12.1 Å². The summed E-state index contributed by atoms with van der Waals surface area (Å²) in [5, 5.41) is 13.4. The molecular formula is C21H30F3N3O2. The monoisotopic (exact) mass is 413 g/mol. The highest BCUT2D eigenvalue weighted by molar-refractivity contribution is 5.74. The SMILES string of the molecule is C=CCC(CCC(C)N(C)O)N(CC=C)C(=O)NCc1ccc(C(F)(F)F)cc1. The molecule has 0 aromatic heterocycles. The zero-order chi connectivity index (χ0) is 22.0. The Kier molecular flexibility index (Phi) is 9.91. The number of rotatable bonds is 11. The highest BCUT2D eigenvalue weighted by atomic mass is 19.4. The summed E-state index contributed by atoms with van der Waals surface area (Å²) in [5.41, 5.74) is -0.157. The fourth-order valence-corrected chi connectivity index (χ4v) is 2.84. The summed E-state index contributed by atoms with van der Waals surface area (Å²) in [4.78, 5) is 14.3. The molecule has 1 aromatic rings. The first-order valence-corrected chi connectivity index (χ1v) is 9.44. The Morgan fingerprint density at radius 2 is 1.83 bits per heavy atom. The Morgan fingerprint density at radius 3 is 2.31 bits per heavy atom. The molecule has 5 nitrogen and oxygen atoms in total. The Hall–Kier alpha value is -2.32. The number of hydrogen-bond acceptors (Lipinski definition) is 3. The van der Waals surface area contributed by atoms with Crippen LogP contribution < -0.4 is 5.32 Å². The normalized spacial score (nSPS) is 13.6. The van der Waals surface area contributed by atoms with Gasteiger partial charge in [-0.25, -0.2) is 4.79 Å². The summed E-state index contributed by atoms with van der Waals surface area (Å²) >= 11 is 0. The van der Waals surface area contributed by atoms with E-state index < -0.39 is 11.7 Å². The minimum atomic E-state index is -4.39. The lowest BCUT2D eigenvalue weighted by Gasteiger charge is -2.32. The van der Waals surface area contributed by atoms with Crippen LogP contribution in [0.1, 0.15) is 37.3 Å². The van der Waals surface area contributed by atoms with E-state index in [1.54, 1.807) is 24.1 Å². The van der Waals surface area contributed by atoms with Gasteiger partial charge < -0.3 is 15.4 Å². The third-order valence-electron chi connectivity index (χ3n) is 4.75. The Bertz CT molecular complexity index is 660. The van der Waals surface area contributed by atoms with Gasteiger partial charge in [0.1, 0.15) is 0 Å². The number of nitrogens with zero attached hydrogens (tertiary/aromatic N) is 2. The van der Waals surface area contributed by atoms with Gasteiger partial charge in [-0.3, -0.25) is 0 Å². The van der Waals surface area contributed by atoms with Crippen molar-refractivity contribution in [2.45, 2.75) is 51.0 Å². The average Bonchev–Trinajstić information content (AvgIpc) is 2.67. The number of amides is 2. The number of alkyl halides is 3. The van der Waals surface area contributed by atoms with Crippen LogP contribution in [0, 0.1) is 0 Å². The lowest BCUT2D eigenvalue weighted by Crippen LogP contribution is -2.46. The molecule has 1 rings (SSSR count). The number of carbonyl (C=O) groups excluding carboxylic acids is 1. The molecule has 2 amide bonds. The number of halogens is 3. The van der Waals surface area contributed by atoms with Crippen molar-refractivity contribution in [2.75, 3.05) is 13.6 Å². The van der Waals surface area contributed by atoms with Gasteiger partial charge >= 0.3 is 12.2 Å². The van der Waals surface area contributed by atoms with Crippen LogP contribution in [0.5, 0.6) is 0 Å². The van der Waals surface area contributed by atoms with Crippen LogP contribution in [0.25, 0.3) is 0 Å². The van der Waals surface area contributed by atoms with Gasteiger partial charge in [0.25, 0.3) is 0 Å². The van der Waals surface area contributed by atoms with Crippen LogP contribution in [0.3, 0.4) is 0 Å². The molecular weight excluding hydrogens is 383 g/mol. The Balaban J connectivity index is 2.77. The van der Waals surface area contributed by atoms with Crippen molar-refractivity contribution >= 4 is 6.03 Å². The maximum absolute atomic E-state index is 12.7. The molecule has 0 radical (unpaired) electrons. The van der Waals surface area contributed by atoms with E-state index in [9.17, 15) is 23.2 Å². The minimum Gasteiger partial charge on any atom is -0.334 e. The van der Waals surface area contributed by atoms with Crippen LogP contribution in [0.2, 0.25) is 0 Å². The van der Waals surface area contributed by atoms with E-state index in [1.807, 2.05) is 6.92 Å². The number of hydrogen-bond donors (Lipinski definition) is 2. The summed E-state index contributed by atoms with van der Waals surface area (Å²) in [7, 11) is 1.57. The highest BCUT2D eigenvalue weighted by Gasteiger charge is 2.30. The first kappa shape index (κ1) is 24.7. The topological polar surface area (TPSA) is 55.8 Å². The van der Waals surface area contributed by atoms with Crippen LogP contribution >= 0.6 is 0 Å². The largest absolute Gasteiger partial charge is 0.416 e. The molecule has 0 aliphatic rings. The maximum atomic E-state index is 12.7. The van der Waals surface area contributed by atoms with Gasteiger partial charge in [-0.15, -0.1) is 13.2 Å². The number of carbonyl (C=O) groups is 1. The third-order valence-corrected chi connectivity index (χ3v) is 4.75. The summed E-state index contributed by atoms with van der Waals surface area (Å²) in [6.45, 7) is 9.76. The van der Waals surface area contributed by atoms with Crippen LogP contribution in [-0.4, -0.2) is 46.9 Å². The molecule has 0 spiro atoms. The van der Waals surface area contributed by atoms with Gasteiger partial charge in [0.05, 0.1) is 5.56 Å². The average molecular weight is 413 g/mol. The zero-order valence-corrected chi connectivity index (χ0v) is 17.0. The molecule has 2 atom stereocenters. The number of urea groups is 1. The van der Waals surface area contributed by atoms with Crippen molar-refractivity contribution in [3.63, 3.8) is 0 Å².